The Bertz CT molecular complexity index is 2040. The molecule has 0 aliphatic carbocycles. The van der Waals surface area contributed by atoms with Gasteiger partial charge in [-0.3, -0.25) is 14.4 Å². The lowest BCUT2D eigenvalue weighted by atomic mass is 10.0. The number of aromatic nitrogens is 3. The van der Waals surface area contributed by atoms with Gasteiger partial charge in [0.25, 0.3) is 11.8 Å². The summed E-state index contributed by atoms with van der Waals surface area (Å²) in [4.78, 5) is 50.5. The van der Waals surface area contributed by atoms with Crippen LogP contribution in [0, 0.1) is 11.8 Å². The second-order valence-electron chi connectivity index (χ2n) is 12.1. The van der Waals surface area contributed by atoms with E-state index in [-0.39, 0.29) is 24.0 Å². The van der Waals surface area contributed by atoms with Crippen molar-refractivity contribution < 1.29 is 27.6 Å². The van der Waals surface area contributed by atoms with E-state index in [1.807, 2.05) is 18.5 Å². The van der Waals surface area contributed by atoms with Crippen LogP contribution in [0.15, 0.2) is 54.7 Å². The summed E-state index contributed by atoms with van der Waals surface area (Å²) >= 11 is 0. The van der Waals surface area contributed by atoms with Crippen molar-refractivity contribution in [2.24, 2.45) is 7.05 Å². The average molecular weight is 685 g/mol. The van der Waals surface area contributed by atoms with Crippen molar-refractivity contribution in [1.29, 1.82) is 0 Å². The first-order valence-electron chi connectivity index (χ1n) is 16.1. The first kappa shape index (κ1) is 34.2. The van der Waals surface area contributed by atoms with Crippen LogP contribution in [0.4, 0.5) is 24.8 Å². The summed E-state index contributed by atoms with van der Waals surface area (Å²) in [5.41, 5.74) is 8.51. The molecule has 6 rings (SSSR count). The molecule has 0 atom stereocenters. The van der Waals surface area contributed by atoms with Gasteiger partial charge in [-0.1, -0.05) is 30.9 Å². The maximum Gasteiger partial charge on any atom is 0.417 e. The topological polar surface area (TPSA) is 138 Å². The number of carbonyl (C=O) groups is 3. The number of nitrogen functional groups attached to an aromatic ring is 1. The molecule has 258 valence electrons. The summed E-state index contributed by atoms with van der Waals surface area (Å²) in [5, 5.41) is 5.37. The summed E-state index contributed by atoms with van der Waals surface area (Å²) in [6.45, 7) is 5.21. The summed E-state index contributed by atoms with van der Waals surface area (Å²) in [6, 6.07) is 11.9. The van der Waals surface area contributed by atoms with Gasteiger partial charge in [0, 0.05) is 69.3 Å². The molecule has 2 aliphatic rings. The van der Waals surface area contributed by atoms with Crippen LogP contribution in [0.5, 0.6) is 0 Å². The van der Waals surface area contributed by atoms with Gasteiger partial charge in [0.05, 0.1) is 34.4 Å². The number of hydrogen-bond acceptors (Lipinski definition) is 7. The predicted octanol–water partition coefficient (Wildman–Crippen LogP) is 3.73. The number of nitrogens with zero attached hydrogens (tertiary/aromatic N) is 5. The number of fused-ring (bicyclic) bond motifs is 1. The van der Waals surface area contributed by atoms with Crippen molar-refractivity contribution in [2.45, 2.75) is 25.9 Å². The van der Waals surface area contributed by atoms with E-state index < -0.39 is 29.1 Å². The number of carbonyl (C=O) groups excluding carboxylic acids is 3. The molecule has 1 saturated heterocycles. The number of nitrogens with one attached hydrogen (secondary N) is 2. The zero-order valence-electron chi connectivity index (χ0n) is 27.5. The minimum atomic E-state index is -4.80. The smallest absolute Gasteiger partial charge is 0.368 e. The van der Waals surface area contributed by atoms with E-state index in [1.165, 1.54) is 17.2 Å². The third-order valence-electron chi connectivity index (χ3n) is 8.88. The van der Waals surface area contributed by atoms with Crippen molar-refractivity contribution in [3.63, 3.8) is 0 Å². The molecule has 14 heteroatoms. The Morgan fingerprint density at radius 2 is 1.84 bits per heavy atom. The molecule has 4 N–H and O–H groups in total. The highest BCUT2D eigenvalue weighted by Gasteiger charge is 2.37. The monoisotopic (exact) mass is 684 g/mol. The summed E-state index contributed by atoms with van der Waals surface area (Å²) in [7, 11) is 1.85. The maximum atomic E-state index is 14.1. The molecule has 0 radical (unpaired) electrons. The van der Waals surface area contributed by atoms with Crippen LogP contribution in [-0.4, -0.2) is 81.3 Å². The normalized spacial score (nSPS) is 14.7. The molecule has 3 amide bonds. The van der Waals surface area contributed by atoms with Crippen LogP contribution in [0.2, 0.25) is 0 Å². The number of anilines is 2. The number of benzene rings is 2. The molecule has 50 heavy (non-hydrogen) atoms. The molecule has 11 nitrogen and oxygen atoms in total. The van der Waals surface area contributed by atoms with E-state index in [2.05, 4.69) is 37.3 Å². The molecule has 2 aromatic heterocycles. The Hall–Kier alpha value is -5.68. The fourth-order valence-corrected chi connectivity index (χ4v) is 6.21. The van der Waals surface area contributed by atoms with Crippen molar-refractivity contribution in [1.82, 2.24) is 29.7 Å². The van der Waals surface area contributed by atoms with Crippen molar-refractivity contribution in [3.05, 3.63) is 93.8 Å². The molecule has 1 fully saturated rings. The van der Waals surface area contributed by atoms with Crippen LogP contribution < -0.4 is 16.4 Å². The molecule has 4 aromatic rings. The van der Waals surface area contributed by atoms with E-state index >= 15 is 0 Å². The highest BCUT2D eigenvalue weighted by atomic mass is 19.4. The van der Waals surface area contributed by atoms with Crippen molar-refractivity contribution in [3.8, 4) is 23.2 Å². The second kappa shape index (κ2) is 14.0. The quantitative estimate of drug-likeness (QED) is 0.263. The van der Waals surface area contributed by atoms with Crippen LogP contribution in [-0.2, 0) is 30.9 Å². The third kappa shape index (κ3) is 7.32. The molecule has 2 aliphatic heterocycles. The third-order valence-corrected chi connectivity index (χ3v) is 8.88. The molecule has 4 heterocycles. The van der Waals surface area contributed by atoms with Gasteiger partial charge < -0.3 is 30.7 Å². The molecule has 0 unspecified atom stereocenters. The lowest BCUT2D eigenvalue weighted by Crippen LogP contribution is -2.48. The number of nitrogens with two attached hydrogens (primary N) is 1. The van der Waals surface area contributed by atoms with E-state index in [0.29, 0.717) is 72.8 Å². The highest BCUT2D eigenvalue weighted by molar-refractivity contribution is 5.99. The van der Waals surface area contributed by atoms with E-state index in [4.69, 9.17) is 5.73 Å². The summed E-state index contributed by atoms with van der Waals surface area (Å²) in [5.74, 6) is 4.81. The van der Waals surface area contributed by atoms with Gasteiger partial charge >= 0.3 is 6.18 Å². The fourth-order valence-electron chi connectivity index (χ4n) is 6.21. The second-order valence-corrected chi connectivity index (χ2v) is 12.1. The Morgan fingerprint density at radius 3 is 2.56 bits per heavy atom. The Morgan fingerprint density at radius 1 is 1.06 bits per heavy atom. The minimum Gasteiger partial charge on any atom is -0.368 e. The fraction of sp³-hybridized carbons (Fsp3) is 0.306. The Balaban J connectivity index is 1.17. The number of amides is 3. The minimum absolute atomic E-state index is 0.0521. The van der Waals surface area contributed by atoms with Crippen molar-refractivity contribution in [2.75, 3.05) is 50.3 Å². The average Bonchev–Trinajstić information content (AvgIpc) is 3.44. The van der Waals surface area contributed by atoms with Gasteiger partial charge in [0.15, 0.2) is 0 Å². The number of piperazine rings is 1. The highest BCUT2D eigenvalue weighted by Crippen LogP contribution is 2.35. The first-order chi connectivity index (χ1) is 23.9. The van der Waals surface area contributed by atoms with Crippen LogP contribution >= 0.6 is 0 Å². The zero-order chi connectivity index (χ0) is 35.6. The predicted molar refractivity (Wildman–Crippen MR) is 181 cm³/mol. The van der Waals surface area contributed by atoms with E-state index in [9.17, 15) is 27.6 Å². The Labute approximate surface area is 286 Å². The van der Waals surface area contributed by atoms with Gasteiger partial charge in [0.2, 0.25) is 11.9 Å². The van der Waals surface area contributed by atoms with Gasteiger partial charge in [-0.2, -0.15) is 13.2 Å². The SMILES string of the molecule is CCN1CCN(C(=O)c2ccc(NC(=O)Cc3cccc(C#Cc4cnc(N)nc4-c4cc5c(n4C)CCNC5=O)c3)cc2C(F)(F)F)CC1. The van der Waals surface area contributed by atoms with Crippen LogP contribution in [0.1, 0.15) is 55.6 Å². The van der Waals surface area contributed by atoms with Crippen LogP contribution in [0.25, 0.3) is 11.4 Å². The van der Waals surface area contributed by atoms with Crippen molar-refractivity contribution >= 4 is 29.4 Å². The van der Waals surface area contributed by atoms with Gasteiger partial charge in [-0.15, -0.1) is 0 Å². The summed E-state index contributed by atoms with van der Waals surface area (Å²) in [6.07, 6.45) is -2.75. The lowest BCUT2D eigenvalue weighted by Gasteiger charge is -2.34. The van der Waals surface area contributed by atoms with Crippen LogP contribution in [0.3, 0.4) is 0 Å². The Kier molecular flexibility index (Phi) is 9.61. The van der Waals surface area contributed by atoms with Gasteiger partial charge in [0.1, 0.15) is 5.69 Å². The first-order valence-corrected chi connectivity index (χ1v) is 16.1. The van der Waals surface area contributed by atoms with E-state index in [1.54, 1.807) is 30.3 Å². The number of hydrogen-bond donors (Lipinski definition) is 3. The number of rotatable bonds is 6. The maximum absolute atomic E-state index is 14.1. The molecule has 0 spiro atoms. The number of halogens is 3. The molecule has 0 saturated carbocycles. The molecular weight excluding hydrogens is 649 g/mol. The number of likely N-dealkylation sites (N-methyl/N-ethyl adjacent to an activating group) is 1. The molecule has 2 aromatic carbocycles. The van der Waals surface area contributed by atoms with Gasteiger partial charge in [-0.25, -0.2) is 9.97 Å². The van der Waals surface area contributed by atoms with E-state index in [0.717, 1.165) is 24.4 Å². The lowest BCUT2D eigenvalue weighted by molar-refractivity contribution is -0.138. The largest absolute Gasteiger partial charge is 0.417 e. The molecular formula is C36H35F3N8O3. The summed E-state index contributed by atoms with van der Waals surface area (Å²) < 4.78 is 44.2. The zero-order valence-corrected chi connectivity index (χ0v) is 27.5. The van der Waals surface area contributed by atoms with Gasteiger partial charge in [-0.05, 0) is 48.5 Å². The standard InChI is InChI=1S/C36H35F3N8O3/c1-3-46-13-15-47(16-14-46)34(50)26-10-9-25(19-28(26)36(37,38)39)43-31(48)18-23-6-4-5-22(17-23)7-8-24-21-42-35(40)44-32(24)30-20-27-29(45(30)2)11-12-41-33(27)49/h4-6,9-10,17,19-21H,3,11-16,18H2,1-2H3,(H,41,49)(H,43,48)(H2,40,42,44). The molecule has 0 bridgehead atoms. The number of alkyl halides is 3.